The average molecular weight is 528 g/mol. The highest BCUT2D eigenvalue weighted by molar-refractivity contribution is 7.92. The Morgan fingerprint density at radius 1 is 0.946 bits per heavy atom. The normalized spacial score (nSPS) is 13.3. The number of aliphatic hydroxyl groups is 1. The number of hydrogen-bond donors (Lipinski definition) is 4. The SMILES string of the molecule is CN(C)CCOc1ccc(C(Cc2ccccc2)NC[C@@H](O)Cc2ccc(O)c(NS(C)(=O)=O)c2)cc1. The Hall–Kier alpha value is -3.11. The van der Waals surface area contributed by atoms with E-state index in [1.807, 2.05) is 56.6 Å². The molecule has 0 amide bonds. The number of hydrogen-bond acceptors (Lipinski definition) is 7. The lowest BCUT2D eigenvalue weighted by Crippen LogP contribution is -2.32. The fourth-order valence-electron chi connectivity index (χ4n) is 3.91. The van der Waals surface area contributed by atoms with Crippen LogP contribution < -0.4 is 14.8 Å². The maximum atomic E-state index is 11.6. The van der Waals surface area contributed by atoms with E-state index in [4.69, 9.17) is 4.74 Å². The molecule has 0 aliphatic carbocycles. The lowest BCUT2D eigenvalue weighted by molar-refractivity contribution is 0.167. The standard InChI is InChI=1S/C28H37N3O5S/c1-31(2)15-16-36-25-12-10-23(11-13-25)26(18-21-7-5-4-6-8-21)29-20-24(32)17-22-9-14-28(33)27(19-22)30-37(3,34)35/h4-14,19,24,26,29-30,32-33H,15-18,20H2,1-3H3/t24-,26?/m0/s1. The minimum Gasteiger partial charge on any atom is -0.506 e. The molecule has 0 radical (unpaired) electrons. The van der Waals surface area contributed by atoms with Gasteiger partial charge in [0, 0.05) is 19.1 Å². The second-order valence-electron chi connectivity index (χ2n) is 9.46. The van der Waals surface area contributed by atoms with E-state index in [0.29, 0.717) is 25.1 Å². The Labute approximate surface area is 220 Å². The van der Waals surface area contributed by atoms with E-state index in [-0.39, 0.29) is 17.5 Å². The van der Waals surface area contributed by atoms with Crippen molar-refractivity contribution < 1.29 is 23.4 Å². The van der Waals surface area contributed by atoms with E-state index >= 15 is 0 Å². The van der Waals surface area contributed by atoms with Gasteiger partial charge in [0.1, 0.15) is 18.1 Å². The van der Waals surface area contributed by atoms with Crippen LogP contribution in [0.15, 0.2) is 72.8 Å². The number of rotatable bonds is 14. The van der Waals surface area contributed by atoms with Crippen LogP contribution in [0.1, 0.15) is 22.7 Å². The monoisotopic (exact) mass is 527 g/mol. The van der Waals surface area contributed by atoms with Crippen LogP contribution in [0.5, 0.6) is 11.5 Å². The molecule has 0 bridgehead atoms. The Kier molecular flexibility index (Phi) is 10.3. The first-order valence-electron chi connectivity index (χ1n) is 12.2. The van der Waals surface area contributed by atoms with Gasteiger partial charge in [0.25, 0.3) is 0 Å². The van der Waals surface area contributed by atoms with Gasteiger partial charge >= 0.3 is 0 Å². The third-order valence-corrected chi connectivity index (χ3v) is 6.39. The molecule has 4 N–H and O–H groups in total. The number of aromatic hydroxyl groups is 1. The molecule has 3 rings (SSSR count). The molecule has 0 fully saturated rings. The number of sulfonamides is 1. The Morgan fingerprint density at radius 2 is 1.65 bits per heavy atom. The zero-order valence-corrected chi connectivity index (χ0v) is 22.4. The highest BCUT2D eigenvalue weighted by Crippen LogP contribution is 2.26. The van der Waals surface area contributed by atoms with Gasteiger partial charge < -0.3 is 25.2 Å². The van der Waals surface area contributed by atoms with Gasteiger partial charge in [0.15, 0.2) is 0 Å². The molecular weight excluding hydrogens is 490 g/mol. The smallest absolute Gasteiger partial charge is 0.229 e. The molecule has 8 nitrogen and oxygen atoms in total. The minimum atomic E-state index is -3.54. The van der Waals surface area contributed by atoms with E-state index in [9.17, 15) is 18.6 Å². The van der Waals surface area contributed by atoms with Crippen LogP contribution >= 0.6 is 0 Å². The number of nitrogens with zero attached hydrogens (tertiary/aromatic N) is 1. The zero-order valence-electron chi connectivity index (χ0n) is 21.6. The van der Waals surface area contributed by atoms with Crippen LogP contribution in [0.25, 0.3) is 0 Å². The fraction of sp³-hybridized carbons (Fsp3) is 0.357. The Balaban J connectivity index is 1.66. The van der Waals surface area contributed by atoms with Gasteiger partial charge in [-0.15, -0.1) is 0 Å². The zero-order chi connectivity index (χ0) is 26.8. The molecular formula is C28H37N3O5S. The molecule has 0 aromatic heterocycles. The lowest BCUT2D eigenvalue weighted by Gasteiger charge is -2.22. The summed E-state index contributed by atoms with van der Waals surface area (Å²) in [6.07, 6.45) is 1.34. The largest absolute Gasteiger partial charge is 0.506 e. The first-order chi connectivity index (χ1) is 17.6. The van der Waals surface area contributed by atoms with Crippen molar-refractivity contribution in [3.8, 4) is 11.5 Å². The predicted octanol–water partition coefficient (Wildman–Crippen LogP) is 3.18. The molecule has 0 saturated carbocycles. The molecule has 0 spiro atoms. The summed E-state index contributed by atoms with van der Waals surface area (Å²) >= 11 is 0. The molecule has 0 heterocycles. The van der Waals surface area contributed by atoms with E-state index in [2.05, 4.69) is 27.1 Å². The van der Waals surface area contributed by atoms with E-state index in [0.717, 1.165) is 30.5 Å². The molecule has 0 saturated heterocycles. The summed E-state index contributed by atoms with van der Waals surface area (Å²) in [6, 6.07) is 22.8. The number of phenols is 1. The van der Waals surface area contributed by atoms with Crippen molar-refractivity contribution in [2.45, 2.75) is 25.0 Å². The van der Waals surface area contributed by atoms with Gasteiger partial charge in [-0.1, -0.05) is 48.5 Å². The molecule has 1 unspecified atom stereocenters. The first kappa shape index (κ1) is 28.5. The van der Waals surface area contributed by atoms with Gasteiger partial charge in [-0.2, -0.15) is 0 Å². The topological polar surface area (TPSA) is 111 Å². The molecule has 0 aliphatic rings. The third-order valence-electron chi connectivity index (χ3n) is 5.80. The van der Waals surface area contributed by atoms with Crippen LogP contribution in [-0.2, 0) is 22.9 Å². The second kappa shape index (κ2) is 13.4. The van der Waals surface area contributed by atoms with E-state index in [1.165, 1.54) is 17.7 Å². The second-order valence-corrected chi connectivity index (χ2v) is 11.2. The molecule has 3 aromatic rings. The van der Waals surface area contributed by atoms with Crippen LogP contribution in [0.4, 0.5) is 5.69 Å². The summed E-state index contributed by atoms with van der Waals surface area (Å²) < 4.78 is 31.2. The number of benzene rings is 3. The van der Waals surface area contributed by atoms with E-state index in [1.54, 1.807) is 6.07 Å². The number of likely N-dealkylation sites (N-methyl/N-ethyl adjacent to an activating group) is 1. The number of aliphatic hydroxyl groups excluding tert-OH is 1. The van der Waals surface area contributed by atoms with Crippen LogP contribution in [0.3, 0.4) is 0 Å². The number of phenolic OH excluding ortho intramolecular Hbond substituents is 1. The average Bonchev–Trinajstić information content (AvgIpc) is 2.84. The summed E-state index contributed by atoms with van der Waals surface area (Å²) in [6.45, 7) is 1.78. The van der Waals surface area contributed by atoms with Crippen molar-refractivity contribution in [2.24, 2.45) is 0 Å². The van der Waals surface area contributed by atoms with Crippen molar-refractivity contribution in [1.29, 1.82) is 0 Å². The van der Waals surface area contributed by atoms with Crippen molar-refractivity contribution in [2.75, 3.05) is 44.8 Å². The predicted molar refractivity (Wildman–Crippen MR) is 148 cm³/mol. The molecule has 37 heavy (non-hydrogen) atoms. The highest BCUT2D eigenvalue weighted by Gasteiger charge is 2.16. The quantitative estimate of drug-likeness (QED) is 0.238. The van der Waals surface area contributed by atoms with Crippen LogP contribution in [0.2, 0.25) is 0 Å². The van der Waals surface area contributed by atoms with Gasteiger partial charge in [0.2, 0.25) is 10.0 Å². The molecule has 200 valence electrons. The lowest BCUT2D eigenvalue weighted by atomic mass is 9.98. The van der Waals surface area contributed by atoms with Crippen LogP contribution in [-0.4, -0.2) is 69.7 Å². The summed E-state index contributed by atoms with van der Waals surface area (Å²) in [5.74, 6) is 0.647. The maximum absolute atomic E-state index is 11.6. The van der Waals surface area contributed by atoms with Gasteiger partial charge in [-0.05, 0) is 67.9 Å². The van der Waals surface area contributed by atoms with Crippen molar-refractivity contribution >= 4 is 15.7 Å². The van der Waals surface area contributed by atoms with E-state index < -0.39 is 16.1 Å². The third kappa shape index (κ3) is 10.0. The van der Waals surface area contributed by atoms with Gasteiger partial charge in [-0.25, -0.2) is 8.42 Å². The summed E-state index contributed by atoms with van der Waals surface area (Å²) in [4.78, 5) is 2.07. The summed E-state index contributed by atoms with van der Waals surface area (Å²) in [7, 11) is 0.480. The molecule has 9 heteroatoms. The number of anilines is 1. The molecule has 2 atom stereocenters. The maximum Gasteiger partial charge on any atom is 0.229 e. The Bertz CT molecular complexity index is 1220. The number of ether oxygens (including phenoxy) is 1. The van der Waals surface area contributed by atoms with Crippen molar-refractivity contribution in [3.05, 3.63) is 89.5 Å². The first-order valence-corrected chi connectivity index (χ1v) is 14.1. The van der Waals surface area contributed by atoms with Gasteiger partial charge in [0.05, 0.1) is 18.0 Å². The van der Waals surface area contributed by atoms with Crippen molar-refractivity contribution in [3.63, 3.8) is 0 Å². The summed E-state index contributed by atoms with van der Waals surface area (Å²) in [5, 5.41) is 24.2. The molecule has 3 aromatic carbocycles. The van der Waals surface area contributed by atoms with Gasteiger partial charge in [-0.3, -0.25) is 4.72 Å². The van der Waals surface area contributed by atoms with Crippen molar-refractivity contribution in [1.82, 2.24) is 10.2 Å². The summed E-state index contributed by atoms with van der Waals surface area (Å²) in [5.41, 5.74) is 3.06. The minimum absolute atomic E-state index is 0.0323. The number of nitrogens with one attached hydrogen (secondary N) is 2. The highest BCUT2D eigenvalue weighted by atomic mass is 32.2. The van der Waals surface area contributed by atoms with Crippen LogP contribution in [0, 0.1) is 0 Å². The Morgan fingerprint density at radius 3 is 2.30 bits per heavy atom. The molecule has 0 aliphatic heterocycles. The fourth-order valence-corrected chi connectivity index (χ4v) is 4.48.